The molecule has 6 nitrogen and oxygen atoms in total. The van der Waals surface area contributed by atoms with Gasteiger partial charge in [-0.15, -0.1) is 5.06 Å². The van der Waals surface area contributed by atoms with Crippen LogP contribution in [0.2, 0.25) is 0 Å². The van der Waals surface area contributed by atoms with Gasteiger partial charge in [-0.25, -0.2) is 9.78 Å². The first-order valence-electron chi connectivity index (χ1n) is 7.30. The van der Waals surface area contributed by atoms with Crippen molar-refractivity contribution in [2.75, 3.05) is 6.54 Å². The Balaban J connectivity index is 1.67. The van der Waals surface area contributed by atoms with Gasteiger partial charge in [-0.1, -0.05) is 29.8 Å². The van der Waals surface area contributed by atoms with Crippen LogP contribution in [-0.2, 0) is 6.42 Å². The second-order valence-electron chi connectivity index (χ2n) is 5.24. The van der Waals surface area contributed by atoms with Gasteiger partial charge in [0, 0.05) is 6.42 Å². The first-order chi connectivity index (χ1) is 11.1. The van der Waals surface area contributed by atoms with E-state index in [0.29, 0.717) is 12.2 Å². The Morgan fingerprint density at radius 2 is 1.96 bits per heavy atom. The average Bonchev–Trinajstić information content (AvgIpc) is 2.95. The summed E-state index contributed by atoms with van der Waals surface area (Å²) in [5.41, 5.74) is 2.88. The van der Waals surface area contributed by atoms with Crippen molar-refractivity contribution in [3.05, 3.63) is 59.9 Å². The van der Waals surface area contributed by atoms with E-state index in [-0.39, 0.29) is 6.54 Å². The van der Waals surface area contributed by atoms with E-state index in [1.54, 1.807) is 12.1 Å². The van der Waals surface area contributed by atoms with Gasteiger partial charge < -0.3 is 14.9 Å². The van der Waals surface area contributed by atoms with E-state index in [4.69, 9.17) is 4.84 Å². The lowest BCUT2D eigenvalue weighted by Crippen LogP contribution is -2.34. The van der Waals surface area contributed by atoms with E-state index in [2.05, 4.69) is 9.97 Å². The zero-order chi connectivity index (χ0) is 16.2. The van der Waals surface area contributed by atoms with Gasteiger partial charge >= 0.3 is 6.09 Å². The highest BCUT2D eigenvalue weighted by Crippen LogP contribution is 2.14. The number of hydrogen-bond donors (Lipinski definition) is 2. The van der Waals surface area contributed by atoms with Crippen LogP contribution in [0.3, 0.4) is 0 Å². The van der Waals surface area contributed by atoms with Crippen molar-refractivity contribution in [1.29, 1.82) is 0 Å². The molecule has 0 saturated carbocycles. The van der Waals surface area contributed by atoms with E-state index < -0.39 is 6.09 Å². The molecule has 6 heteroatoms. The van der Waals surface area contributed by atoms with Gasteiger partial charge in [-0.05, 0) is 31.2 Å². The molecule has 1 aromatic heterocycles. The number of amides is 1. The van der Waals surface area contributed by atoms with Gasteiger partial charge in [0.2, 0.25) is 0 Å². The Hall–Kier alpha value is -3.02. The van der Waals surface area contributed by atoms with Crippen LogP contribution < -0.4 is 4.84 Å². The number of aromatic amines is 1. The molecule has 0 aliphatic heterocycles. The zero-order valence-corrected chi connectivity index (χ0v) is 12.7. The lowest BCUT2D eigenvalue weighted by Gasteiger charge is -2.18. The molecule has 0 radical (unpaired) electrons. The molecule has 0 aliphatic rings. The largest absolute Gasteiger partial charge is 0.463 e. The van der Waals surface area contributed by atoms with Crippen LogP contribution >= 0.6 is 0 Å². The quantitative estimate of drug-likeness (QED) is 0.708. The van der Waals surface area contributed by atoms with Crippen LogP contribution in [0.25, 0.3) is 11.0 Å². The highest BCUT2D eigenvalue weighted by Gasteiger charge is 2.15. The molecule has 0 aliphatic carbocycles. The highest BCUT2D eigenvalue weighted by atomic mass is 16.7. The Morgan fingerprint density at radius 3 is 2.65 bits per heavy atom. The van der Waals surface area contributed by atoms with Gasteiger partial charge in [-0.3, -0.25) is 0 Å². The van der Waals surface area contributed by atoms with Gasteiger partial charge in [0.05, 0.1) is 17.6 Å². The summed E-state index contributed by atoms with van der Waals surface area (Å²) >= 11 is 0. The summed E-state index contributed by atoms with van der Waals surface area (Å²) in [5.74, 6) is 1.22. The van der Waals surface area contributed by atoms with E-state index in [1.807, 2.05) is 43.3 Å². The van der Waals surface area contributed by atoms with Crippen molar-refractivity contribution in [3.8, 4) is 5.75 Å². The second kappa shape index (κ2) is 6.39. The number of rotatable bonds is 5. The van der Waals surface area contributed by atoms with Crippen LogP contribution in [0.15, 0.2) is 48.5 Å². The minimum atomic E-state index is -1.14. The molecule has 118 valence electrons. The van der Waals surface area contributed by atoms with Crippen molar-refractivity contribution in [1.82, 2.24) is 15.0 Å². The first-order valence-corrected chi connectivity index (χ1v) is 7.30. The number of hydrogen-bond acceptors (Lipinski definition) is 3. The normalized spacial score (nSPS) is 10.7. The van der Waals surface area contributed by atoms with Gasteiger partial charge in [-0.2, -0.15) is 0 Å². The molecule has 2 aromatic carbocycles. The number of benzene rings is 2. The molecule has 3 rings (SSSR count). The molecule has 23 heavy (non-hydrogen) atoms. The summed E-state index contributed by atoms with van der Waals surface area (Å²) in [7, 11) is 0. The fraction of sp³-hybridized carbons (Fsp3) is 0.176. The molecule has 0 fully saturated rings. The minimum absolute atomic E-state index is 0.184. The number of nitrogens with zero attached hydrogens (tertiary/aromatic N) is 2. The van der Waals surface area contributed by atoms with Crippen molar-refractivity contribution >= 4 is 17.1 Å². The Labute approximate surface area is 133 Å². The predicted octanol–water partition coefficient (Wildman–Crippen LogP) is 3.39. The van der Waals surface area contributed by atoms with Gasteiger partial charge in [0.15, 0.2) is 5.75 Å². The fourth-order valence-corrected chi connectivity index (χ4v) is 2.24. The third kappa shape index (κ3) is 3.60. The Kier molecular flexibility index (Phi) is 4.14. The molecule has 0 bridgehead atoms. The number of H-pyrrole nitrogens is 1. The molecule has 0 spiro atoms. The fourth-order valence-electron chi connectivity index (χ4n) is 2.24. The predicted molar refractivity (Wildman–Crippen MR) is 86.3 cm³/mol. The number of aryl methyl sites for hydroxylation is 1. The monoisotopic (exact) mass is 311 g/mol. The third-order valence-electron chi connectivity index (χ3n) is 3.44. The highest BCUT2D eigenvalue weighted by molar-refractivity contribution is 5.74. The lowest BCUT2D eigenvalue weighted by molar-refractivity contribution is -0.0351. The van der Waals surface area contributed by atoms with Crippen molar-refractivity contribution in [2.45, 2.75) is 13.3 Å². The molecular weight excluding hydrogens is 294 g/mol. The summed E-state index contributed by atoms with van der Waals surface area (Å²) in [6, 6.07) is 14.9. The maximum atomic E-state index is 11.3. The zero-order valence-electron chi connectivity index (χ0n) is 12.7. The first kappa shape index (κ1) is 14.9. The molecule has 3 aromatic rings. The molecule has 0 saturated heterocycles. The third-order valence-corrected chi connectivity index (χ3v) is 3.44. The lowest BCUT2D eigenvalue weighted by atomic mass is 10.2. The number of carbonyl (C=O) groups is 1. The molecule has 0 atom stereocenters. The van der Waals surface area contributed by atoms with Crippen LogP contribution in [0.4, 0.5) is 4.79 Å². The SMILES string of the molecule is Cc1ccc(ON(CCc2nc3ccccc3[nH]2)C(=O)O)cc1. The maximum absolute atomic E-state index is 11.3. The van der Waals surface area contributed by atoms with Gasteiger partial charge in [0.1, 0.15) is 5.82 Å². The average molecular weight is 311 g/mol. The van der Waals surface area contributed by atoms with Gasteiger partial charge in [0.25, 0.3) is 0 Å². The topological polar surface area (TPSA) is 78.5 Å². The van der Waals surface area contributed by atoms with E-state index in [9.17, 15) is 9.90 Å². The van der Waals surface area contributed by atoms with Crippen molar-refractivity contribution in [3.63, 3.8) is 0 Å². The summed E-state index contributed by atoms with van der Waals surface area (Å²) in [4.78, 5) is 24.4. The van der Waals surface area contributed by atoms with Crippen molar-refractivity contribution < 1.29 is 14.7 Å². The molecule has 1 heterocycles. The minimum Gasteiger partial charge on any atom is -0.463 e. The van der Waals surface area contributed by atoms with Crippen LogP contribution in [0.1, 0.15) is 11.4 Å². The smallest absolute Gasteiger partial charge is 0.440 e. The number of nitrogens with one attached hydrogen (secondary N) is 1. The van der Waals surface area contributed by atoms with Crippen LogP contribution in [0.5, 0.6) is 5.75 Å². The summed E-state index contributed by atoms with van der Waals surface area (Å²) in [6.45, 7) is 2.14. The number of carboxylic acid groups (broad SMARTS) is 1. The van der Waals surface area contributed by atoms with Crippen LogP contribution in [0, 0.1) is 6.92 Å². The second-order valence-corrected chi connectivity index (χ2v) is 5.24. The number of fused-ring (bicyclic) bond motifs is 1. The van der Waals surface area contributed by atoms with E-state index in [1.165, 1.54) is 0 Å². The van der Waals surface area contributed by atoms with E-state index >= 15 is 0 Å². The Bertz CT molecular complexity index is 778. The molecule has 0 unspecified atom stereocenters. The number of hydroxylamine groups is 2. The molecular formula is C17H17N3O3. The van der Waals surface area contributed by atoms with Crippen molar-refractivity contribution in [2.24, 2.45) is 0 Å². The standard InChI is InChI=1S/C17H17N3O3/c1-12-6-8-13(9-7-12)23-20(17(21)22)11-10-16-18-14-4-2-3-5-15(14)19-16/h2-9H,10-11H2,1H3,(H,18,19)(H,21,22). The molecule has 2 N–H and O–H groups in total. The number of para-hydroxylation sites is 2. The Morgan fingerprint density at radius 1 is 1.22 bits per heavy atom. The maximum Gasteiger partial charge on any atom is 0.440 e. The summed E-state index contributed by atoms with van der Waals surface area (Å²) in [6.07, 6.45) is -0.700. The van der Waals surface area contributed by atoms with Crippen LogP contribution in [-0.4, -0.2) is 32.8 Å². The number of aromatic nitrogens is 2. The number of imidazole rings is 1. The van der Waals surface area contributed by atoms with E-state index in [0.717, 1.165) is 27.5 Å². The summed E-state index contributed by atoms with van der Waals surface area (Å²) in [5, 5.41) is 10.2. The molecule has 1 amide bonds. The summed E-state index contributed by atoms with van der Waals surface area (Å²) < 4.78 is 0.